The summed E-state index contributed by atoms with van der Waals surface area (Å²) in [6, 6.07) is 12.0. The minimum absolute atomic E-state index is 0.0985. The van der Waals surface area contributed by atoms with Crippen molar-refractivity contribution in [3.05, 3.63) is 46.5 Å². The Bertz CT molecular complexity index is 222. The first kappa shape index (κ1) is 12.3. The van der Waals surface area contributed by atoms with Gasteiger partial charge >= 0.3 is 0 Å². The second-order valence-electron chi connectivity index (χ2n) is 2.52. The Balaban J connectivity index is 0.000000249. The fourth-order valence-electron chi connectivity index (χ4n) is 0.689. The van der Waals surface area contributed by atoms with E-state index < -0.39 is 4.92 Å². The van der Waals surface area contributed by atoms with E-state index in [0.29, 0.717) is 19.1 Å². The largest absolute Gasteiger partial charge is 0.303 e. The van der Waals surface area contributed by atoms with Crippen molar-refractivity contribution in [2.24, 2.45) is 0 Å². The lowest BCUT2D eigenvalue weighted by Gasteiger charge is -1.84. The number of rotatable bonds is 4. The molecule has 0 aliphatic heterocycles. The zero-order valence-electron chi connectivity index (χ0n) is 7.83. The third-order valence-corrected chi connectivity index (χ3v) is 1.33. The Morgan fingerprint density at radius 1 is 1.07 bits per heavy atom. The van der Waals surface area contributed by atoms with Crippen LogP contribution in [0.15, 0.2) is 36.4 Å². The summed E-state index contributed by atoms with van der Waals surface area (Å²) in [5.41, 5.74) is 0. The van der Waals surface area contributed by atoms with E-state index in [9.17, 15) is 14.9 Å². The maximum absolute atomic E-state index is 9.56. The zero-order valence-corrected chi connectivity index (χ0v) is 7.83. The molecule has 14 heavy (non-hydrogen) atoms. The smallest absolute Gasteiger partial charge is 0.204 e. The average Bonchev–Trinajstić information content (AvgIpc) is 2.21. The number of carbonyl (C=O) groups is 1. The lowest BCUT2D eigenvalue weighted by Crippen LogP contribution is -1.99. The molecular formula is C10H13NO3. The van der Waals surface area contributed by atoms with Crippen LogP contribution in [0, 0.1) is 10.1 Å². The Morgan fingerprint density at radius 3 is 1.79 bits per heavy atom. The summed E-state index contributed by atoms with van der Waals surface area (Å²) in [4.78, 5) is 18.7. The van der Waals surface area contributed by atoms with Gasteiger partial charge in [-0.3, -0.25) is 10.1 Å². The normalized spacial score (nSPS) is 8.29. The summed E-state index contributed by atoms with van der Waals surface area (Å²) in [6.07, 6.45) is 1.33. The fraction of sp³-hybridized carbons (Fsp3) is 0.300. The van der Waals surface area contributed by atoms with Crippen molar-refractivity contribution in [3.8, 4) is 0 Å². The van der Waals surface area contributed by atoms with E-state index in [-0.39, 0.29) is 6.54 Å². The molecule has 0 N–H and O–H groups in total. The molecule has 4 heteroatoms. The molecule has 0 saturated heterocycles. The van der Waals surface area contributed by atoms with Crippen LogP contribution in [0.2, 0.25) is 0 Å². The Morgan fingerprint density at radius 2 is 1.50 bits per heavy atom. The summed E-state index contributed by atoms with van der Waals surface area (Å²) < 4.78 is 0. The van der Waals surface area contributed by atoms with Gasteiger partial charge in [0.25, 0.3) is 0 Å². The van der Waals surface area contributed by atoms with E-state index in [2.05, 4.69) is 0 Å². The van der Waals surface area contributed by atoms with Gasteiger partial charge in [0, 0.05) is 17.8 Å². The molecule has 0 bridgehead atoms. The summed E-state index contributed by atoms with van der Waals surface area (Å²) in [7, 11) is 0. The van der Waals surface area contributed by atoms with Gasteiger partial charge in [-0.05, 0) is 0 Å². The summed E-state index contributed by atoms with van der Waals surface area (Å²) in [5.74, 6) is 0. The van der Waals surface area contributed by atoms with Crippen molar-refractivity contribution in [3.63, 3.8) is 0 Å². The SMILES string of the molecule is O=CCCC[N+](=O)[O-].c1ccccc1. The van der Waals surface area contributed by atoms with Crippen LogP contribution >= 0.6 is 0 Å². The molecule has 0 aliphatic rings. The number of unbranched alkanes of at least 4 members (excludes halogenated alkanes) is 1. The van der Waals surface area contributed by atoms with E-state index in [4.69, 9.17) is 0 Å². The third-order valence-electron chi connectivity index (χ3n) is 1.33. The van der Waals surface area contributed by atoms with Gasteiger partial charge in [0.1, 0.15) is 6.29 Å². The first-order valence-electron chi connectivity index (χ1n) is 4.33. The van der Waals surface area contributed by atoms with Crippen LogP contribution in [0.3, 0.4) is 0 Å². The Labute approximate surface area is 82.7 Å². The van der Waals surface area contributed by atoms with Crippen molar-refractivity contribution in [2.75, 3.05) is 6.54 Å². The van der Waals surface area contributed by atoms with E-state index in [1.165, 1.54) is 0 Å². The highest BCUT2D eigenvalue weighted by Crippen LogP contribution is 1.82. The quantitative estimate of drug-likeness (QED) is 0.319. The molecule has 0 radical (unpaired) electrons. The van der Waals surface area contributed by atoms with E-state index in [1.807, 2.05) is 36.4 Å². The number of carbonyl (C=O) groups excluding carboxylic acids is 1. The molecule has 1 rings (SSSR count). The van der Waals surface area contributed by atoms with E-state index in [0.717, 1.165) is 0 Å². The van der Waals surface area contributed by atoms with Crippen LogP contribution in [0.25, 0.3) is 0 Å². The minimum atomic E-state index is -0.427. The molecule has 4 nitrogen and oxygen atoms in total. The molecule has 76 valence electrons. The van der Waals surface area contributed by atoms with Crippen LogP contribution in [0.1, 0.15) is 12.8 Å². The maximum atomic E-state index is 9.56. The summed E-state index contributed by atoms with van der Waals surface area (Å²) in [5, 5.41) is 9.56. The van der Waals surface area contributed by atoms with Crippen LogP contribution in [0.5, 0.6) is 0 Å². The topological polar surface area (TPSA) is 60.2 Å². The van der Waals surface area contributed by atoms with Crippen molar-refractivity contribution < 1.29 is 9.72 Å². The molecule has 0 unspecified atom stereocenters. The highest BCUT2D eigenvalue weighted by atomic mass is 16.6. The molecule has 0 aromatic heterocycles. The second kappa shape index (κ2) is 9.38. The average molecular weight is 195 g/mol. The van der Waals surface area contributed by atoms with Crippen molar-refractivity contribution >= 4 is 6.29 Å². The molecule has 0 saturated carbocycles. The molecule has 1 aromatic rings. The predicted octanol–water partition coefficient (Wildman–Crippen LogP) is 1.93. The second-order valence-corrected chi connectivity index (χ2v) is 2.52. The van der Waals surface area contributed by atoms with Gasteiger partial charge in [-0.25, -0.2) is 0 Å². The molecule has 0 spiro atoms. The van der Waals surface area contributed by atoms with Crippen LogP contribution < -0.4 is 0 Å². The number of hydrogen-bond acceptors (Lipinski definition) is 3. The predicted molar refractivity (Wildman–Crippen MR) is 53.6 cm³/mol. The lowest BCUT2D eigenvalue weighted by atomic mass is 10.3. The third kappa shape index (κ3) is 10.3. The van der Waals surface area contributed by atoms with E-state index >= 15 is 0 Å². The highest BCUT2D eigenvalue weighted by Gasteiger charge is 1.92. The number of nitrogens with zero attached hydrogens (tertiary/aromatic N) is 1. The van der Waals surface area contributed by atoms with Crippen LogP contribution in [-0.2, 0) is 4.79 Å². The number of benzene rings is 1. The van der Waals surface area contributed by atoms with Crippen molar-refractivity contribution in [1.82, 2.24) is 0 Å². The monoisotopic (exact) mass is 195 g/mol. The number of aldehydes is 1. The van der Waals surface area contributed by atoms with Crippen molar-refractivity contribution in [1.29, 1.82) is 0 Å². The van der Waals surface area contributed by atoms with Gasteiger partial charge in [-0.15, -0.1) is 0 Å². The van der Waals surface area contributed by atoms with Gasteiger partial charge in [-0.1, -0.05) is 36.4 Å². The van der Waals surface area contributed by atoms with Gasteiger partial charge in [0.15, 0.2) is 0 Å². The van der Waals surface area contributed by atoms with Crippen molar-refractivity contribution in [2.45, 2.75) is 12.8 Å². The molecule has 0 heterocycles. The van der Waals surface area contributed by atoms with Gasteiger partial charge in [0.2, 0.25) is 6.54 Å². The Kier molecular flexibility index (Phi) is 8.23. The molecular weight excluding hydrogens is 182 g/mol. The maximum Gasteiger partial charge on any atom is 0.204 e. The van der Waals surface area contributed by atoms with Gasteiger partial charge < -0.3 is 4.79 Å². The fourth-order valence-corrected chi connectivity index (χ4v) is 0.689. The summed E-state index contributed by atoms with van der Waals surface area (Å²) >= 11 is 0. The van der Waals surface area contributed by atoms with Gasteiger partial charge in [0.05, 0.1) is 0 Å². The molecule has 0 amide bonds. The molecule has 1 aromatic carbocycles. The van der Waals surface area contributed by atoms with Gasteiger partial charge in [-0.2, -0.15) is 0 Å². The molecule has 0 atom stereocenters. The lowest BCUT2D eigenvalue weighted by molar-refractivity contribution is -0.480. The molecule has 0 aliphatic carbocycles. The summed E-state index contributed by atoms with van der Waals surface area (Å²) in [6.45, 7) is -0.0985. The number of nitro groups is 1. The Hall–Kier alpha value is -1.71. The first-order valence-corrected chi connectivity index (χ1v) is 4.33. The minimum Gasteiger partial charge on any atom is -0.303 e. The van der Waals surface area contributed by atoms with Crippen LogP contribution in [-0.4, -0.2) is 17.8 Å². The standard InChI is InChI=1S/C6H6.C4H7NO3/c1-2-4-6-5-3-1;6-4-2-1-3-5(7)8/h1-6H;4H,1-3H2. The highest BCUT2D eigenvalue weighted by molar-refractivity contribution is 5.48. The zero-order chi connectivity index (χ0) is 10.6. The number of hydrogen-bond donors (Lipinski definition) is 0. The molecule has 0 fully saturated rings. The van der Waals surface area contributed by atoms with Crippen LogP contribution in [0.4, 0.5) is 0 Å². The first-order chi connectivity index (χ1) is 6.77. The van der Waals surface area contributed by atoms with E-state index in [1.54, 1.807) is 0 Å².